The molecule has 2 heterocycles. The van der Waals surface area contributed by atoms with Gasteiger partial charge in [0.2, 0.25) is 5.13 Å². The van der Waals surface area contributed by atoms with E-state index in [1.54, 1.807) is 11.3 Å². The van der Waals surface area contributed by atoms with Crippen LogP contribution in [0.2, 0.25) is 0 Å². The molecule has 0 bridgehead atoms. The van der Waals surface area contributed by atoms with Crippen LogP contribution in [0.3, 0.4) is 0 Å². The predicted molar refractivity (Wildman–Crippen MR) is 113 cm³/mol. The van der Waals surface area contributed by atoms with E-state index >= 15 is 0 Å². The van der Waals surface area contributed by atoms with E-state index in [4.69, 9.17) is 10.1 Å². The lowest BCUT2D eigenvalue weighted by atomic mass is 9.88. The smallest absolute Gasteiger partial charge is 0.211 e. The monoisotopic (exact) mass is 388 g/mol. The zero-order valence-corrected chi connectivity index (χ0v) is 16.6. The third-order valence-electron chi connectivity index (χ3n) is 5.11. The van der Waals surface area contributed by atoms with E-state index in [1.807, 2.05) is 47.1 Å². The molecule has 5 nitrogen and oxygen atoms in total. The molecular weight excluding hydrogens is 368 g/mol. The van der Waals surface area contributed by atoms with E-state index in [1.165, 1.54) is 5.56 Å². The number of rotatable bonds is 3. The zero-order valence-electron chi connectivity index (χ0n) is 15.8. The van der Waals surface area contributed by atoms with Crippen molar-refractivity contribution < 1.29 is 4.79 Å². The first-order valence-electron chi connectivity index (χ1n) is 9.43. The van der Waals surface area contributed by atoms with Gasteiger partial charge < -0.3 is 5.32 Å². The van der Waals surface area contributed by atoms with Crippen molar-refractivity contribution in [3.05, 3.63) is 65.4 Å². The molecule has 140 valence electrons. The predicted octanol–water partition coefficient (Wildman–Crippen LogP) is 5.30. The minimum atomic E-state index is 0.149. The Hall–Kier alpha value is -2.99. The summed E-state index contributed by atoms with van der Waals surface area (Å²) in [4.78, 5) is 17.6. The fourth-order valence-electron chi connectivity index (χ4n) is 3.73. The van der Waals surface area contributed by atoms with Crippen LogP contribution in [0.25, 0.3) is 15.3 Å². The number of nitrogens with zero attached hydrogens (tertiary/aromatic N) is 3. The van der Waals surface area contributed by atoms with E-state index < -0.39 is 0 Å². The standard InChI is InChI=1S/C22H20N4OS/c1-13-7-9-15(10-8-13)23-21-20-17(11-14(2)12-18(20)27)26(25-21)22-24-16-5-3-4-6-19(16)28-22/h3-10,14H,11-12H2,1-2H3,(H,23,25)/t14-/m1/s1. The number of nitrogens with one attached hydrogen (secondary N) is 1. The summed E-state index contributed by atoms with van der Waals surface area (Å²) in [5.41, 5.74) is 4.73. The number of para-hydroxylation sites is 1. The number of hydrogen-bond acceptors (Lipinski definition) is 5. The molecule has 0 fully saturated rings. The van der Waals surface area contributed by atoms with Crippen molar-refractivity contribution in [2.45, 2.75) is 26.7 Å². The van der Waals surface area contributed by atoms with Gasteiger partial charge in [0.15, 0.2) is 11.6 Å². The second-order valence-corrected chi connectivity index (χ2v) is 8.48. The summed E-state index contributed by atoms with van der Waals surface area (Å²) >= 11 is 1.60. The van der Waals surface area contributed by atoms with Gasteiger partial charge in [0.1, 0.15) is 0 Å². The highest BCUT2D eigenvalue weighted by molar-refractivity contribution is 7.20. The molecule has 0 saturated carbocycles. The van der Waals surface area contributed by atoms with Crippen molar-refractivity contribution >= 4 is 38.8 Å². The molecule has 1 atom stereocenters. The first-order chi connectivity index (χ1) is 13.6. The van der Waals surface area contributed by atoms with Crippen molar-refractivity contribution in [1.82, 2.24) is 14.8 Å². The number of aryl methyl sites for hydroxylation is 1. The van der Waals surface area contributed by atoms with E-state index in [0.717, 1.165) is 33.2 Å². The van der Waals surface area contributed by atoms with E-state index in [-0.39, 0.29) is 5.78 Å². The van der Waals surface area contributed by atoms with E-state index in [0.29, 0.717) is 23.7 Å². The molecule has 0 spiro atoms. The highest BCUT2D eigenvalue weighted by Gasteiger charge is 2.31. The van der Waals surface area contributed by atoms with Gasteiger partial charge in [0.05, 0.1) is 21.5 Å². The van der Waals surface area contributed by atoms with Crippen LogP contribution in [-0.4, -0.2) is 20.5 Å². The third kappa shape index (κ3) is 2.90. The minimum absolute atomic E-state index is 0.149. The highest BCUT2D eigenvalue weighted by atomic mass is 32.1. The quantitative estimate of drug-likeness (QED) is 0.517. The average Bonchev–Trinajstić information content (AvgIpc) is 3.25. The Morgan fingerprint density at radius 3 is 2.68 bits per heavy atom. The van der Waals surface area contributed by atoms with Crippen LogP contribution >= 0.6 is 11.3 Å². The Bertz CT molecular complexity index is 1160. The molecule has 4 aromatic rings. The lowest BCUT2D eigenvalue weighted by Gasteiger charge is -2.18. The normalized spacial score (nSPS) is 16.4. The minimum Gasteiger partial charge on any atom is -0.338 e. The van der Waals surface area contributed by atoms with Gasteiger partial charge in [-0.25, -0.2) is 9.67 Å². The summed E-state index contributed by atoms with van der Waals surface area (Å²) < 4.78 is 2.98. The maximum atomic E-state index is 12.9. The van der Waals surface area contributed by atoms with Crippen LogP contribution in [0, 0.1) is 12.8 Å². The lowest BCUT2D eigenvalue weighted by molar-refractivity contribution is 0.0953. The molecule has 0 saturated heterocycles. The number of benzene rings is 2. The molecule has 6 heteroatoms. The Morgan fingerprint density at radius 2 is 1.89 bits per heavy atom. The number of thiazole rings is 1. The van der Waals surface area contributed by atoms with Gasteiger partial charge in [-0.3, -0.25) is 4.79 Å². The fraction of sp³-hybridized carbons (Fsp3) is 0.227. The molecule has 0 unspecified atom stereocenters. The second kappa shape index (κ2) is 6.56. The van der Waals surface area contributed by atoms with E-state index in [9.17, 15) is 4.79 Å². The Morgan fingerprint density at radius 1 is 1.11 bits per heavy atom. The summed E-state index contributed by atoms with van der Waals surface area (Å²) in [6.45, 7) is 4.17. The van der Waals surface area contributed by atoms with Crippen LogP contribution < -0.4 is 5.32 Å². The van der Waals surface area contributed by atoms with Gasteiger partial charge in [-0.2, -0.15) is 0 Å². The summed E-state index contributed by atoms with van der Waals surface area (Å²) in [6.07, 6.45) is 1.38. The number of carbonyl (C=O) groups excluding carboxylic acids is 1. The first kappa shape index (κ1) is 17.1. The number of carbonyl (C=O) groups is 1. The van der Waals surface area contributed by atoms with Crippen LogP contribution in [0.15, 0.2) is 48.5 Å². The number of anilines is 2. The van der Waals surface area contributed by atoms with Gasteiger partial charge in [-0.1, -0.05) is 48.1 Å². The molecule has 0 radical (unpaired) electrons. The van der Waals surface area contributed by atoms with Gasteiger partial charge in [0.25, 0.3) is 0 Å². The molecule has 1 aliphatic rings. The third-order valence-corrected chi connectivity index (χ3v) is 6.13. The maximum absolute atomic E-state index is 12.9. The van der Waals surface area contributed by atoms with Gasteiger partial charge in [-0.05, 0) is 43.5 Å². The molecular formula is C22H20N4OS. The van der Waals surface area contributed by atoms with Gasteiger partial charge in [-0.15, -0.1) is 5.10 Å². The van der Waals surface area contributed by atoms with Crippen LogP contribution in [0.1, 0.15) is 35.0 Å². The summed E-state index contributed by atoms with van der Waals surface area (Å²) in [7, 11) is 0. The zero-order chi connectivity index (χ0) is 19.3. The number of aromatic nitrogens is 3. The van der Waals surface area contributed by atoms with Crippen LogP contribution in [0.4, 0.5) is 11.5 Å². The van der Waals surface area contributed by atoms with Gasteiger partial charge >= 0.3 is 0 Å². The number of fused-ring (bicyclic) bond motifs is 2. The van der Waals surface area contributed by atoms with Crippen molar-refractivity contribution in [3.8, 4) is 5.13 Å². The second-order valence-electron chi connectivity index (χ2n) is 7.47. The maximum Gasteiger partial charge on any atom is 0.211 e. The molecule has 5 rings (SSSR count). The van der Waals surface area contributed by atoms with Crippen LogP contribution in [-0.2, 0) is 6.42 Å². The Labute approximate surface area is 167 Å². The van der Waals surface area contributed by atoms with Crippen molar-refractivity contribution in [2.75, 3.05) is 5.32 Å². The summed E-state index contributed by atoms with van der Waals surface area (Å²) in [6, 6.07) is 16.2. The SMILES string of the molecule is Cc1ccc(Nc2nn(-c3nc4ccccc4s3)c3c2C(=O)C[C@H](C)C3)cc1. The van der Waals surface area contributed by atoms with Crippen molar-refractivity contribution in [2.24, 2.45) is 5.92 Å². The molecule has 28 heavy (non-hydrogen) atoms. The topological polar surface area (TPSA) is 59.8 Å². The molecule has 1 N–H and O–H groups in total. The van der Waals surface area contributed by atoms with Crippen molar-refractivity contribution in [3.63, 3.8) is 0 Å². The first-order valence-corrected chi connectivity index (χ1v) is 10.2. The summed E-state index contributed by atoms with van der Waals surface area (Å²) in [5.74, 6) is 1.07. The molecule has 2 aromatic heterocycles. The Kier molecular flexibility index (Phi) is 4.02. The molecule has 0 aliphatic heterocycles. The number of ketones is 1. The van der Waals surface area contributed by atoms with Gasteiger partial charge in [0, 0.05) is 12.1 Å². The van der Waals surface area contributed by atoms with E-state index in [2.05, 4.69) is 25.2 Å². The highest BCUT2D eigenvalue weighted by Crippen LogP contribution is 2.35. The number of Topliss-reactive ketones (excluding diaryl/α,β-unsaturated/α-hetero) is 1. The van der Waals surface area contributed by atoms with Crippen molar-refractivity contribution in [1.29, 1.82) is 0 Å². The fourth-order valence-corrected chi connectivity index (χ4v) is 4.67. The lowest BCUT2D eigenvalue weighted by Crippen LogP contribution is -2.19. The molecule has 2 aromatic carbocycles. The van der Waals surface area contributed by atoms with Crippen LogP contribution in [0.5, 0.6) is 0 Å². The average molecular weight is 388 g/mol. The number of hydrogen-bond donors (Lipinski definition) is 1. The molecule has 0 amide bonds. The Balaban J connectivity index is 1.64. The largest absolute Gasteiger partial charge is 0.338 e. The molecule has 1 aliphatic carbocycles. The summed E-state index contributed by atoms with van der Waals surface area (Å²) in [5, 5.41) is 8.95.